The lowest BCUT2D eigenvalue weighted by molar-refractivity contribution is -0.124. The van der Waals surface area contributed by atoms with Crippen molar-refractivity contribution in [3.63, 3.8) is 0 Å². The van der Waals surface area contributed by atoms with Gasteiger partial charge in [-0.1, -0.05) is 49.0 Å². The maximum absolute atomic E-state index is 12.2. The van der Waals surface area contributed by atoms with Crippen molar-refractivity contribution < 1.29 is 9.59 Å². The molecule has 1 aliphatic rings. The Labute approximate surface area is 150 Å². The van der Waals surface area contributed by atoms with E-state index in [-0.39, 0.29) is 23.7 Å². The average molecular weight is 359 g/mol. The predicted octanol–water partition coefficient (Wildman–Crippen LogP) is 2.56. The molecule has 1 N–H and O–H groups in total. The van der Waals surface area contributed by atoms with Crippen LogP contribution in [0, 0.1) is 0 Å². The van der Waals surface area contributed by atoms with Gasteiger partial charge in [-0.05, 0) is 13.3 Å². The Morgan fingerprint density at radius 3 is 2.72 bits per heavy atom. The number of rotatable bonds is 6. The van der Waals surface area contributed by atoms with Crippen molar-refractivity contribution >= 4 is 23.7 Å². The van der Waals surface area contributed by atoms with Crippen molar-refractivity contribution in [3.05, 3.63) is 30.3 Å². The van der Waals surface area contributed by atoms with Crippen molar-refractivity contribution in [3.8, 4) is 11.4 Å². The van der Waals surface area contributed by atoms with E-state index in [9.17, 15) is 9.59 Å². The highest BCUT2D eigenvalue weighted by Gasteiger charge is 2.27. The van der Waals surface area contributed by atoms with Gasteiger partial charge in [0.1, 0.15) is 0 Å². The van der Waals surface area contributed by atoms with Gasteiger partial charge in [-0.25, -0.2) is 4.79 Å². The van der Waals surface area contributed by atoms with Crippen LogP contribution in [0.1, 0.15) is 26.3 Å². The van der Waals surface area contributed by atoms with Crippen LogP contribution in [0.4, 0.5) is 4.79 Å². The molecule has 2 aromatic rings. The highest BCUT2D eigenvalue weighted by molar-refractivity contribution is 7.99. The summed E-state index contributed by atoms with van der Waals surface area (Å²) in [5.74, 6) is 0.750. The van der Waals surface area contributed by atoms with E-state index in [4.69, 9.17) is 0 Å². The largest absolute Gasteiger partial charge is 0.336 e. The monoisotopic (exact) mass is 359 g/mol. The van der Waals surface area contributed by atoms with Crippen molar-refractivity contribution in [1.82, 2.24) is 25.0 Å². The lowest BCUT2D eigenvalue weighted by Gasteiger charge is -2.17. The molecule has 0 unspecified atom stereocenters. The van der Waals surface area contributed by atoms with Crippen molar-refractivity contribution in [2.75, 3.05) is 18.8 Å². The SMILES string of the molecule is CC[C@@H](C)n1c(SCC(=O)N2CCNC2=O)nnc1-c1ccccc1. The molecule has 0 radical (unpaired) electrons. The zero-order valence-corrected chi connectivity index (χ0v) is 15.1. The fourth-order valence-corrected chi connectivity index (χ4v) is 3.57. The minimum atomic E-state index is -0.320. The van der Waals surface area contributed by atoms with Gasteiger partial charge in [-0.2, -0.15) is 0 Å². The standard InChI is InChI=1S/C17H21N5O2S/c1-3-12(2)22-15(13-7-5-4-6-8-13)19-20-17(22)25-11-14(23)21-10-9-18-16(21)24/h4-8,12H,3,9-11H2,1-2H3,(H,18,24)/t12-/m1/s1. The Kier molecular flexibility index (Phi) is 5.37. The number of carbonyl (C=O) groups excluding carboxylic acids is 2. The predicted molar refractivity (Wildman–Crippen MR) is 96.3 cm³/mol. The fourth-order valence-electron chi connectivity index (χ4n) is 2.65. The molecule has 0 spiro atoms. The van der Waals surface area contributed by atoms with Crippen LogP contribution < -0.4 is 5.32 Å². The Bertz CT molecular complexity index is 762. The van der Waals surface area contributed by atoms with Crippen LogP contribution in [0.25, 0.3) is 11.4 Å². The van der Waals surface area contributed by atoms with Gasteiger partial charge < -0.3 is 5.32 Å². The van der Waals surface area contributed by atoms with E-state index < -0.39 is 0 Å². The first-order valence-electron chi connectivity index (χ1n) is 8.33. The van der Waals surface area contributed by atoms with Gasteiger partial charge in [0.15, 0.2) is 11.0 Å². The van der Waals surface area contributed by atoms with Gasteiger partial charge in [0.25, 0.3) is 0 Å². The van der Waals surface area contributed by atoms with Crippen LogP contribution in [-0.2, 0) is 4.79 Å². The second-order valence-corrected chi connectivity index (χ2v) is 6.81. The molecule has 2 heterocycles. The molecule has 1 aliphatic heterocycles. The molecule has 25 heavy (non-hydrogen) atoms. The molecule has 1 aromatic heterocycles. The van der Waals surface area contributed by atoms with Crippen LogP contribution in [0.2, 0.25) is 0 Å². The second kappa shape index (κ2) is 7.69. The van der Waals surface area contributed by atoms with E-state index in [0.717, 1.165) is 17.8 Å². The molecule has 0 bridgehead atoms. The molecular formula is C17H21N5O2S. The molecule has 0 saturated carbocycles. The van der Waals surface area contributed by atoms with Crippen molar-refractivity contribution in [2.45, 2.75) is 31.5 Å². The van der Waals surface area contributed by atoms with Crippen molar-refractivity contribution in [1.29, 1.82) is 0 Å². The summed E-state index contributed by atoms with van der Waals surface area (Å²) >= 11 is 1.32. The minimum absolute atomic E-state index is 0.163. The molecule has 1 atom stereocenters. The third kappa shape index (κ3) is 3.68. The number of nitrogens with zero attached hydrogens (tertiary/aromatic N) is 4. The lowest BCUT2D eigenvalue weighted by atomic mass is 10.2. The summed E-state index contributed by atoms with van der Waals surface area (Å²) in [6.45, 7) is 5.14. The highest BCUT2D eigenvalue weighted by Crippen LogP contribution is 2.29. The number of urea groups is 1. The normalized spacial score (nSPS) is 15.3. The lowest BCUT2D eigenvalue weighted by Crippen LogP contribution is -2.35. The summed E-state index contributed by atoms with van der Waals surface area (Å²) in [5, 5.41) is 11.9. The third-order valence-corrected chi connectivity index (χ3v) is 5.14. The summed E-state index contributed by atoms with van der Waals surface area (Å²) in [4.78, 5) is 25.1. The summed E-state index contributed by atoms with van der Waals surface area (Å²) in [7, 11) is 0. The fraction of sp³-hybridized carbons (Fsp3) is 0.412. The quantitative estimate of drug-likeness (QED) is 0.802. The van der Waals surface area contributed by atoms with Crippen LogP contribution in [-0.4, -0.2) is 50.4 Å². The molecule has 132 valence electrons. The van der Waals surface area contributed by atoms with Crippen LogP contribution in [0.5, 0.6) is 0 Å². The maximum atomic E-state index is 12.2. The number of aromatic nitrogens is 3. The van der Waals surface area contributed by atoms with E-state index in [1.807, 2.05) is 30.3 Å². The number of thioether (sulfide) groups is 1. The van der Waals surface area contributed by atoms with Gasteiger partial charge in [0.2, 0.25) is 5.91 Å². The molecule has 3 rings (SSSR count). The van der Waals surface area contributed by atoms with Crippen LogP contribution >= 0.6 is 11.8 Å². The summed E-state index contributed by atoms with van der Waals surface area (Å²) in [5.41, 5.74) is 0.993. The summed E-state index contributed by atoms with van der Waals surface area (Å²) < 4.78 is 2.07. The van der Waals surface area contributed by atoms with E-state index in [1.54, 1.807) is 0 Å². The van der Waals surface area contributed by atoms with Crippen molar-refractivity contribution in [2.24, 2.45) is 0 Å². The topological polar surface area (TPSA) is 80.1 Å². The van der Waals surface area contributed by atoms with Gasteiger partial charge in [0, 0.05) is 24.7 Å². The minimum Gasteiger partial charge on any atom is -0.336 e. The number of hydrogen-bond acceptors (Lipinski definition) is 5. The zero-order chi connectivity index (χ0) is 17.8. The second-order valence-electron chi connectivity index (χ2n) is 5.87. The molecule has 1 aromatic carbocycles. The molecule has 8 heteroatoms. The van der Waals surface area contributed by atoms with E-state index in [0.29, 0.717) is 18.2 Å². The molecular weight excluding hydrogens is 338 g/mol. The smallest absolute Gasteiger partial charge is 0.324 e. The summed E-state index contributed by atoms with van der Waals surface area (Å²) in [6.07, 6.45) is 0.925. The molecule has 7 nitrogen and oxygen atoms in total. The van der Waals surface area contributed by atoms with E-state index in [1.165, 1.54) is 16.7 Å². The number of imide groups is 1. The number of carbonyl (C=O) groups is 2. The van der Waals surface area contributed by atoms with Gasteiger partial charge in [-0.15, -0.1) is 10.2 Å². The van der Waals surface area contributed by atoms with Gasteiger partial charge in [-0.3, -0.25) is 14.3 Å². The maximum Gasteiger partial charge on any atom is 0.324 e. The Hall–Kier alpha value is -2.35. The van der Waals surface area contributed by atoms with E-state index in [2.05, 4.69) is 33.9 Å². The third-order valence-electron chi connectivity index (χ3n) is 4.21. The average Bonchev–Trinajstić information content (AvgIpc) is 3.26. The van der Waals surface area contributed by atoms with Crippen LogP contribution in [0.15, 0.2) is 35.5 Å². The first-order valence-corrected chi connectivity index (χ1v) is 9.31. The zero-order valence-electron chi connectivity index (χ0n) is 14.3. The Balaban J connectivity index is 1.80. The molecule has 1 saturated heterocycles. The Morgan fingerprint density at radius 1 is 1.32 bits per heavy atom. The van der Waals surface area contributed by atoms with Gasteiger partial charge in [0.05, 0.1) is 5.75 Å². The Morgan fingerprint density at radius 2 is 2.08 bits per heavy atom. The van der Waals surface area contributed by atoms with Crippen LogP contribution in [0.3, 0.4) is 0 Å². The number of nitrogens with one attached hydrogen (secondary N) is 1. The molecule has 1 fully saturated rings. The molecule has 3 amide bonds. The summed E-state index contributed by atoms with van der Waals surface area (Å²) in [6, 6.07) is 9.77. The van der Waals surface area contributed by atoms with E-state index >= 15 is 0 Å². The first kappa shape index (κ1) is 17.5. The number of amides is 3. The number of benzene rings is 1. The van der Waals surface area contributed by atoms with Gasteiger partial charge >= 0.3 is 6.03 Å². The number of hydrogen-bond donors (Lipinski definition) is 1. The molecule has 0 aliphatic carbocycles. The highest BCUT2D eigenvalue weighted by atomic mass is 32.2. The first-order chi connectivity index (χ1) is 12.1.